The minimum Gasteiger partial charge on any atom is -0.378 e. The molecule has 5 heteroatoms. The Morgan fingerprint density at radius 2 is 2.06 bits per heavy atom. The van der Waals surface area contributed by atoms with Crippen molar-refractivity contribution in [2.75, 3.05) is 26.3 Å². The molecule has 1 aliphatic rings. The average Bonchev–Trinajstić information content (AvgIpc) is 2.87. The van der Waals surface area contributed by atoms with E-state index in [1.54, 1.807) is 27.9 Å². The molecule has 0 bridgehead atoms. The summed E-state index contributed by atoms with van der Waals surface area (Å²) in [6, 6.07) is 1.76. The van der Waals surface area contributed by atoms with Crippen molar-refractivity contribution in [3.63, 3.8) is 0 Å². The van der Waals surface area contributed by atoms with Crippen LogP contribution in [0, 0.1) is 0 Å². The van der Waals surface area contributed by atoms with E-state index in [1.807, 2.05) is 6.92 Å². The number of nitrogens with zero attached hydrogens (tertiary/aromatic N) is 2. The van der Waals surface area contributed by atoms with Crippen molar-refractivity contribution >= 4 is 11.7 Å². The number of Topliss-reactive ketones (excluding diaryl/α,β-unsaturated/α-hetero) is 1. The molecular formula is C13H18N2O3. The Morgan fingerprint density at radius 1 is 1.33 bits per heavy atom. The molecule has 0 unspecified atom stereocenters. The first-order chi connectivity index (χ1) is 8.70. The van der Waals surface area contributed by atoms with Crippen LogP contribution in [-0.4, -0.2) is 47.5 Å². The van der Waals surface area contributed by atoms with Crippen molar-refractivity contribution in [2.45, 2.75) is 19.9 Å². The van der Waals surface area contributed by atoms with E-state index in [0.29, 0.717) is 38.3 Å². The zero-order valence-electron chi connectivity index (χ0n) is 10.6. The van der Waals surface area contributed by atoms with Gasteiger partial charge in [0.1, 0.15) is 6.54 Å². The molecule has 18 heavy (non-hydrogen) atoms. The Balaban J connectivity index is 1.94. The molecule has 1 aliphatic heterocycles. The minimum absolute atomic E-state index is 0.0735. The lowest BCUT2D eigenvalue weighted by Crippen LogP contribution is -2.42. The second kappa shape index (κ2) is 5.82. The van der Waals surface area contributed by atoms with Crippen molar-refractivity contribution in [3.8, 4) is 0 Å². The number of carbonyl (C=O) groups excluding carboxylic acids is 2. The summed E-state index contributed by atoms with van der Waals surface area (Å²) in [5.74, 6) is 0.178. The van der Waals surface area contributed by atoms with Gasteiger partial charge in [-0.05, 0) is 6.07 Å². The molecule has 1 fully saturated rings. The fourth-order valence-electron chi connectivity index (χ4n) is 1.98. The highest BCUT2D eigenvalue weighted by molar-refractivity contribution is 5.95. The van der Waals surface area contributed by atoms with Crippen molar-refractivity contribution in [1.82, 2.24) is 9.47 Å². The van der Waals surface area contributed by atoms with Gasteiger partial charge in [-0.2, -0.15) is 0 Å². The molecule has 0 saturated carbocycles. The van der Waals surface area contributed by atoms with Crippen LogP contribution in [0.3, 0.4) is 0 Å². The molecule has 1 aromatic rings. The molecular weight excluding hydrogens is 232 g/mol. The number of morpholine rings is 1. The lowest BCUT2D eigenvalue weighted by Gasteiger charge is -2.26. The van der Waals surface area contributed by atoms with E-state index in [0.717, 1.165) is 0 Å². The Labute approximate surface area is 106 Å². The van der Waals surface area contributed by atoms with E-state index < -0.39 is 0 Å². The molecule has 2 heterocycles. The Hall–Kier alpha value is -1.62. The van der Waals surface area contributed by atoms with Crippen LogP contribution in [0.5, 0.6) is 0 Å². The third-order valence-corrected chi connectivity index (χ3v) is 3.08. The summed E-state index contributed by atoms with van der Waals surface area (Å²) in [4.78, 5) is 25.3. The van der Waals surface area contributed by atoms with Crippen molar-refractivity contribution in [3.05, 3.63) is 24.0 Å². The molecule has 0 radical (unpaired) electrons. The van der Waals surface area contributed by atoms with E-state index >= 15 is 0 Å². The van der Waals surface area contributed by atoms with Crippen LogP contribution < -0.4 is 0 Å². The molecule has 2 rings (SSSR count). The number of carbonyl (C=O) groups is 2. The highest BCUT2D eigenvalue weighted by atomic mass is 16.5. The normalized spacial score (nSPS) is 15.7. The molecule has 0 spiro atoms. The first kappa shape index (κ1) is 12.8. The molecule has 1 saturated heterocycles. The third-order valence-electron chi connectivity index (χ3n) is 3.08. The molecule has 0 N–H and O–H groups in total. The van der Waals surface area contributed by atoms with Crippen molar-refractivity contribution < 1.29 is 14.3 Å². The smallest absolute Gasteiger partial charge is 0.242 e. The fraction of sp³-hybridized carbons (Fsp3) is 0.538. The highest BCUT2D eigenvalue weighted by Gasteiger charge is 2.17. The summed E-state index contributed by atoms with van der Waals surface area (Å²) < 4.78 is 6.97. The summed E-state index contributed by atoms with van der Waals surface area (Å²) in [5, 5.41) is 0. The van der Waals surface area contributed by atoms with E-state index in [9.17, 15) is 9.59 Å². The number of hydrogen-bond donors (Lipinski definition) is 0. The molecule has 1 aromatic heterocycles. The number of hydrogen-bond acceptors (Lipinski definition) is 3. The number of rotatable bonds is 4. The van der Waals surface area contributed by atoms with Crippen LogP contribution >= 0.6 is 0 Å². The summed E-state index contributed by atoms with van der Waals surface area (Å²) >= 11 is 0. The van der Waals surface area contributed by atoms with Crippen LogP contribution in [-0.2, 0) is 16.1 Å². The Kier molecular flexibility index (Phi) is 4.15. The van der Waals surface area contributed by atoms with Crippen molar-refractivity contribution in [2.24, 2.45) is 0 Å². The maximum absolute atomic E-state index is 12.0. The quantitative estimate of drug-likeness (QED) is 0.747. The van der Waals surface area contributed by atoms with Gasteiger partial charge in [-0.15, -0.1) is 0 Å². The fourth-order valence-corrected chi connectivity index (χ4v) is 1.98. The van der Waals surface area contributed by atoms with Crippen LogP contribution in [0.2, 0.25) is 0 Å². The van der Waals surface area contributed by atoms with Crippen LogP contribution in [0.25, 0.3) is 0 Å². The van der Waals surface area contributed by atoms with E-state index in [1.165, 1.54) is 0 Å². The van der Waals surface area contributed by atoms with Gasteiger partial charge in [-0.3, -0.25) is 9.59 Å². The van der Waals surface area contributed by atoms with E-state index in [2.05, 4.69) is 0 Å². The Bertz CT molecular complexity index is 433. The summed E-state index contributed by atoms with van der Waals surface area (Å²) in [7, 11) is 0. The topological polar surface area (TPSA) is 51.5 Å². The highest BCUT2D eigenvalue weighted by Crippen LogP contribution is 2.06. The van der Waals surface area contributed by atoms with Gasteiger partial charge in [-0.1, -0.05) is 6.92 Å². The van der Waals surface area contributed by atoms with Gasteiger partial charge in [-0.25, -0.2) is 0 Å². The summed E-state index contributed by atoms with van der Waals surface area (Å²) in [5.41, 5.74) is 0.673. The van der Waals surface area contributed by atoms with Crippen LogP contribution in [0.15, 0.2) is 18.5 Å². The lowest BCUT2D eigenvalue weighted by molar-refractivity contribution is -0.135. The molecule has 5 nitrogen and oxygen atoms in total. The predicted molar refractivity (Wildman–Crippen MR) is 66.5 cm³/mol. The van der Waals surface area contributed by atoms with Gasteiger partial charge < -0.3 is 14.2 Å². The van der Waals surface area contributed by atoms with Gasteiger partial charge in [0.2, 0.25) is 5.91 Å². The molecule has 1 amide bonds. The largest absolute Gasteiger partial charge is 0.378 e. The zero-order chi connectivity index (χ0) is 13.0. The van der Waals surface area contributed by atoms with Gasteiger partial charge in [0, 0.05) is 37.5 Å². The van der Waals surface area contributed by atoms with Crippen LogP contribution in [0.1, 0.15) is 23.7 Å². The number of amides is 1. The first-order valence-electron chi connectivity index (χ1n) is 6.25. The van der Waals surface area contributed by atoms with Gasteiger partial charge >= 0.3 is 0 Å². The average molecular weight is 250 g/mol. The Morgan fingerprint density at radius 3 is 2.72 bits per heavy atom. The molecule has 0 aromatic carbocycles. The number of ether oxygens (including phenoxy) is 1. The molecule has 98 valence electrons. The van der Waals surface area contributed by atoms with Gasteiger partial charge in [0.15, 0.2) is 5.78 Å². The number of ketones is 1. The van der Waals surface area contributed by atoms with E-state index in [-0.39, 0.29) is 18.2 Å². The zero-order valence-corrected chi connectivity index (χ0v) is 10.6. The summed E-state index contributed by atoms with van der Waals surface area (Å²) in [6.45, 7) is 4.64. The van der Waals surface area contributed by atoms with Gasteiger partial charge in [0.25, 0.3) is 0 Å². The maximum atomic E-state index is 12.0. The number of aromatic nitrogens is 1. The molecule has 0 aliphatic carbocycles. The second-order valence-electron chi connectivity index (χ2n) is 4.34. The third kappa shape index (κ3) is 2.98. The van der Waals surface area contributed by atoms with Gasteiger partial charge in [0.05, 0.1) is 13.2 Å². The minimum atomic E-state index is 0.0735. The SMILES string of the molecule is CCC(=O)c1ccn(CC(=O)N2CCOCC2)c1. The van der Waals surface area contributed by atoms with Crippen LogP contribution in [0.4, 0.5) is 0 Å². The second-order valence-corrected chi connectivity index (χ2v) is 4.34. The van der Waals surface area contributed by atoms with E-state index in [4.69, 9.17) is 4.74 Å². The van der Waals surface area contributed by atoms with Crippen molar-refractivity contribution in [1.29, 1.82) is 0 Å². The first-order valence-corrected chi connectivity index (χ1v) is 6.25. The molecule has 0 atom stereocenters. The maximum Gasteiger partial charge on any atom is 0.242 e. The predicted octanol–water partition coefficient (Wildman–Crippen LogP) is 0.940. The standard InChI is InChI=1S/C13H18N2O3/c1-2-12(16)11-3-4-14(9-11)10-13(17)15-5-7-18-8-6-15/h3-4,9H,2,5-8,10H2,1H3. The summed E-state index contributed by atoms with van der Waals surface area (Å²) in [6.07, 6.45) is 4.01. The monoisotopic (exact) mass is 250 g/mol. The lowest BCUT2D eigenvalue weighted by atomic mass is 10.2.